The van der Waals surface area contributed by atoms with Crippen molar-refractivity contribution in [2.24, 2.45) is 11.7 Å². The Morgan fingerprint density at radius 1 is 1.40 bits per heavy atom. The fourth-order valence-electron chi connectivity index (χ4n) is 3.69. The lowest BCUT2D eigenvalue weighted by Crippen LogP contribution is -2.43. The Labute approximate surface area is 201 Å². The number of nitrogens with zero attached hydrogens (tertiary/aromatic N) is 4. The van der Waals surface area contributed by atoms with Crippen LogP contribution in [0.1, 0.15) is 39.8 Å². The van der Waals surface area contributed by atoms with Gasteiger partial charge in [-0.1, -0.05) is 20.8 Å². The topological polar surface area (TPSA) is 191 Å². The number of aliphatic hydroxyl groups excluding tert-OH is 1. The van der Waals surface area contributed by atoms with Gasteiger partial charge in [-0.05, 0) is 18.1 Å². The first-order valence-electron chi connectivity index (χ1n) is 11.0. The summed E-state index contributed by atoms with van der Waals surface area (Å²) in [6, 6.07) is 4.09. The lowest BCUT2D eigenvalue weighted by Gasteiger charge is -2.24. The highest BCUT2D eigenvalue weighted by atomic mass is 16.6. The number of hydrogen-bond donors (Lipinski definition) is 3. The third-order valence-corrected chi connectivity index (χ3v) is 5.66. The Morgan fingerprint density at radius 2 is 2.11 bits per heavy atom. The maximum absolute atomic E-state index is 12.3. The first-order chi connectivity index (χ1) is 16.5. The van der Waals surface area contributed by atoms with Crippen LogP contribution in [0.25, 0.3) is 5.52 Å². The normalized spacial score (nSPS) is 24.7. The number of esters is 2. The van der Waals surface area contributed by atoms with E-state index >= 15 is 0 Å². The lowest BCUT2D eigenvalue weighted by atomic mass is 9.92. The summed E-state index contributed by atoms with van der Waals surface area (Å²) < 4.78 is 17.9. The van der Waals surface area contributed by atoms with Gasteiger partial charge in [-0.25, -0.2) is 9.50 Å². The van der Waals surface area contributed by atoms with Crippen molar-refractivity contribution >= 4 is 29.2 Å². The van der Waals surface area contributed by atoms with Gasteiger partial charge in [-0.3, -0.25) is 14.4 Å². The van der Waals surface area contributed by atoms with Gasteiger partial charge in [0.25, 0.3) is 0 Å². The third kappa shape index (κ3) is 4.95. The SMILES string of the molecule is CCC(=O)O[C@H]1[C@@H](O)[C@](C#N)(c2ccc3c(NC(C)=O)ncnn23)O[C@@H]1COC(=O)C(N)C(C)C. The van der Waals surface area contributed by atoms with Gasteiger partial charge in [-0.15, -0.1) is 0 Å². The van der Waals surface area contributed by atoms with Crippen molar-refractivity contribution in [3.8, 4) is 6.07 Å². The number of anilines is 1. The number of aromatic nitrogens is 3. The molecule has 3 heterocycles. The molecule has 2 aromatic heterocycles. The van der Waals surface area contributed by atoms with E-state index in [-0.39, 0.29) is 29.8 Å². The highest BCUT2D eigenvalue weighted by molar-refractivity contribution is 5.91. The van der Waals surface area contributed by atoms with Crippen LogP contribution in [0, 0.1) is 17.2 Å². The van der Waals surface area contributed by atoms with E-state index < -0.39 is 48.5 Å². The minimum atomic E-state index is -2.05. The van der Waals surface area contributed by atoms with Crippen molar-refractivity contribution < 1.29 is 33.7 Å². The average molecular weight is 489 g/mol. The second-order valence-corrected chi connectivity index (χ2v) is 8.46. The Bertz CT molecular complexity index is 1160. The Morgan fingerprint density at radius 3 is 2.71 bits per heavy atom. The molecule has 4 N–H and O–H groups in total. The minimum absolute atomic E-state index is 0.00879. The van der Waals surface area contributed by atoms with Crippen molar-refractivity contribution in [3.63, 3.8) is 0 Å². The number of ether oxygens (including phenoxy) is 3. The van der Waals surface area contributed by atoms with Crippen LogP contribution in [-0.4, -0.2) is 68.5 Å². The van der Waals surface area contributed by atoms with E-state index in [1.54, 1.807) is 20.8 Å². The second kappa shape index (κ2) is 10.3. The number of carbonyl (C=O) groups is 3. The van der Waals surface area contributed by atoms with E-state index in [1.807, 2.05) is 6.07 Å². The summed E-state index contributed by atoms with van der Waals surface area (Å²) >= 11 is 0. The lowest BCUT2D eigenvalue weighted by molar-refractivity contribution is -0.161. The minimum Gasteiger partial charge on any atom is -0.462 e. The number of nitrogens with two attached hydrogens (primary N) is 1. The molecule has 0 bridgehead atoms. The van der Waals surface area contributed by atoms with Crippen molar-refractivity contribution in [2.45, 2.75) is 64.1 Å². The molecule has 188 valence electrons. The summed E-state index contributed by atoms with van der Waals surface area (Å²) in [5, 5.41) is 28.1. The Balaban J connectivity index is 2.00. The first-order valence-corrected chi connectivity index (χ1v) is 11.0. The summed E-state index contributed by atoms with van der Waals surface area (Å²) in [4.78, 5) is 39.9. The molecule has 3 rings (SSSR count). The molecule has 35 heavy (non-hydrogen) atoms. The molecule has 1 fully saturated rings. The second-order valence-electron chi connectivity index (χ2n) is 8.46. The molecule has 0 saturated carbocycles. The molecule has 0 aromatic carbocycles. The largest absolute Gasteiger partial charge is 0.462 e. The molecule has 13 heteroatoms. The van der Waals surface area contributed by atoms with Crippen LogP contribution in [0.4, 0.5) is 5.82 Å². The molecular weight excluding hydrogens is 460 g/mol. The number of rotatable bonds is 8. The zero-order valence-electron chi connectivity index (χ0n) is 19.8. The highest BCUT2D eigenvalue weighted by Gasteiger charge is 2.60. The molecule has 0 spiro atoms. The molecule has 1 unspecified atom stereocenters. The van der Waals surface area contributed by atoms with Crippen LogP contribution in [0.3, 0.4) is 0 Å². The number of hydrogen-bond acceptors (Lipinski definition) is 11. The van der Waals surface area contributed by atoms with Gasteiger partial charge >= 0.3 is 11.9 Å². The number of carbonyl (C=O) groups excluding carboxylic acids is 3. The Hall–Kier alpha value is -3.60. The average Bonchev–Trinajstić information content (AvgIpc) is 3.37. The summed E-state index contributed by atoms with van der Waals surface area (Å²) in [5.74, 6) is -1.71. The van der Waals surface area contributed by atoms with Gasteiger partial charge < -0.3 is 30.4 Å². The number of fused-ring (bicyclic) bond motifs is 1. The fraction of sp³-hybridized carbons (Fsp3) is 0.545. The highest BCUT2D eigenvalue weighted by Crippen LogP contribution is 2.42. The van der Waals surface area contributed by atoms with Gasteiger partial charge in [0.2, 0.25) is 11.5 Å². The smallest absolute Gasteiger partial charge is 0.323 e. The van der Waals surface area contributed by atoms with Crippen molar-refractivity contribution in [1.82, 2.24) is 14.6 Å². The van der Waals surface area contributed by atoms with Crippen molar-refractivity contribution in [2.75, 3.05) is 11.9 Å². The van der Waals surface area contributed by atoms with Crippen LogP contribution < -0.4 is 11.1 Å². The molecular formula is C22H28N6O7. The van der Waals surface area contributed by atoms with E-state index in [9.17, 15) is 24.8 Å². The van der Waals surface area contributed by atoms with Crippen LogP contribution in [0.5, 0.6) is 0 Å². The van der Waals surface area contributed by atoms with E-state index in [2.05, 4.69) is 15.4 Å². The maximum atomic E-state index is 12.3. The molecule has 13 nitrogen and oxygen atoms in total. The van der Waals surface area contributed by atoms with Crippen molar-refractivity contribution in [1.29, 1.82) is 5.26 Å². The van der Waals surface area contributed by atoms with Gasteiger partial charge in [0, 0.05) is 13.3 Å². The summed E-state index contributed by atoms with van der Waals surface area (Å²) in [6.07, 6.45) is -3.00. The van der Waals surface area contributed by atoms with Crippen LogP contribution in [0.15, 0.2) is 18.5 Å². The molecule has 0 radical (unpaired) electrons. The van der Waals surface area contributed by atoms with E-state index in [0.717, 1.165) is 6.33 Å². The maximum Gasteiger partial charge on any atom is 0.323 e. The van der Waals surface area contributed by atoms with E-state index in [4.69, 9.17) is 19.9 Å². The molecule has 1 aliphatic heterocycles. The van der Waals surface area contributed by atoms with Gasteiger partial charge in [0.15, 0.2) is 11.9 Å². The number of nitriles is 1. The molecule has 1 amide bonds. The third-order valence-electron chi connectivity index (χ3n) is 5.66. The van der Waals surface area contributed by atoms with Crippen molar-refractivity contribution in [3.05, 3.63) is 24.2 Å². The van der Waals surface area contributed by atoms with Gasteiger partial charge in [0.1, 0.15) is 42.8 Å². The molecule has 0 aliphatic carbocycles. The predicted molar refractivity (Wildman–Crippen MR) is 119 cm³/mol. The summed E-state index contributed by atoms with van der Waals surface area (Å²) in [7, 11) is 0. The fourth-order valence-corrected chi connectivity index (χ4v) is 3.69. The van der Waals surface area contributed by atoms with E-state index in [1.165, 1.54) is 23.6 Å². The van der Waals surface area contributed by atoms with Crippen LogP contribution in [-0.2, 0) is 34.2 Å². The molecule has 2 aromatic rings. The van der Waals surface area contributed by atoms with E-state index in [0.29, 0.717) is 5.52 Å². The summed E-state index contributed by atoms with van der Waals surface area (Å²) in [6.45, 7) is 5.97. The van der Waals surface area contributed by atoms with Gasteiger partial charge in [0.05, 0.1) is 5.69 Å². The summed E-state index contributed by atoms with van der Waals surface area (Å²) in [5.41, 5.74) is 4.21. The zero-order chi connectivity index (χ0) is 25.9. The number of amides is 1. The monoisotopic (exact) mass is 488 g/mol. The molecule has 1 aliphatic rings. The van der Waals surface area contributed by atoms with Crippen LogP contribution >= 0.6 is 0 Å². The first kappa shape index (κ1) is 26.0. The van der Waals surface area contributed by atoms with Crippen LogP contribution in [0.2, 0.25) is 0 Å². The number of nitrogens with one attached hydrogen (secondary N) is 1. The Kier molecular flexibility index (Phi) is 7.69. The van der Waals surface area contributed by atoms with Gasteiger partial charge in [-0.2, -0.15) is 10.4 Å². The predicted octanol–water partition coefficient (Wildman–Crippen LogP) is 0.0146. The quantitative estimate of drug-likeness (QED) is 0.424. The molecule has 5 atom stereocenters. The molecule has 1 saturated heterocycles. The number of aliphatic hydroxyl groups is 1. The standard InChI is InChI=1S/C22H28N6O7/c1-5-16(30)34-18-14(8-33-21(32)17(24)11(2)3)35-22(9-23,19(18)31)15-7-6-13-20(27-12(4)29)25-10-26-28(13)15/h6-7,10-11,14,17-19,31H,5,8,24H2,1-4H3,(H,25,26,27,29)/t14-,17?,18-,19-,22+/m1/s1. The zero-order valence-corrected chi connectivity index (χ0v) is 19.8.